The van der Waals surface area contributed by atoms with E-state index >= 15 is 0 Å². The molecule has 0 bridgehead atoms. The van der Waals surface area contributed by atoms with Crippen LogP contribution in [0.15, 0.2) is 22.7 Å². The summed E-state index contributed by atoms with van der Waals surface area (Å²) in [4.78, 5) is 0. The highest BCUT2D eigenvalue weighted by atomic mass is 19.1. The Hall–Kier alpha value is -1.62. The lowest BCUT2D eigenvalue weighted by atomic mass is 10.2. The lowest BCUT2D eigenvalue weighted by Crippen LogP contribution is -2.25. The van der Waals surface area contributed by atoms with Gasteiger partial charge in [-0.05, 0) is 25.1 Å². The minimum atomic E-state index is -0.311. The Labute approximate surface area is 86.2 Å². The summed E-state index contributed by atoms with van der Waals surface area (Å²) in [6.45, 7) is 2.39. The van der Waals surface area contributed by atoms with Crippen LogP contribution in [0.4, 0.5) is 10.2 Å². The molecule has 0 spiro atoms. The van der Waals surface area contributed by atoms with Gasteiger partial charge in [-0.2, -0.15) is 0 Å². The van der Waals surface area contributed by atoms with E-state index in [1.54, 1.807) is 6.07 Å². The first-order chi connectivity index (χ1) is 7.20. The van der Waals surface area contributed by atoms with Gasteiger partial charge < -0.3 is 15.6 Å². The van der Waals surface area contributed by atoms with Gasteiger partial charge in [0.1, 0.15) is 5.82 Å². The number of rotatable bonds is 3. The molecule has 1 unspecified atom stereocenters. The van der Waals surface area contributed by atoms with E-state index in [4.69, 9.17) is 10.3 Å². The fraction of sp³-hybridized carbons (Fsp3) is 0.300. The van der Waals surface area contributed by atoms with Crippen molar-refractivity contribution < 1.29 is 8.91 Å². The number of nitrogens with one attached hydrogen (secondary N) is 1. The number of anilines is 1. The molecule has 4 nitrogen and oxygen atoms in total. The van der Waals surface area contributed by atoms with Gasteiger partial charge in [0.2, 0.25) is 0 Å². The molecule has 0 aliphatic carbocycles. The van der Waals surface area contributed by atoms with E-state index in [0.717, 1.165) is 0 Å². The van der Waals surface area contributed by atoms with E-state index in [-0.39, 0.29) is 11.9 Å². The quantitative estimate of drug-likeness (QED) is 0.808. The van der Waals surface area contributed by atoms with Gasteiger partial charge in [-0.1, -0.05) is 5.16 Å². The topological polar surface area (TPSA) is 64.1 Å². The van der Waals surface area contributed by atoms with Crippen molar-refractivity contribution in [3.63, 3.8) is 0 Å². The first kappa shape index (κ1) is 9.92. The summed E-state index contributed by atoms with van der Waals surface area (Å²) < 4.78 is 18.0. The molecule has 1 aromatic heterocycles. The number of nitrogens with two attached hydrogens (primary N) is 1. The Balaban J connectivity index is 2.39. The van der Waals surface area contributed by atoms with Crippen LogP contribution < -0.4 is 11.1 Å². The average Bonchev–Trinajstić information content (AvgIpc) is 2.61. The Kier molecular flexibility index (Phi) is 2.55. The van der Waals surface area contributed by atoms with Crippen LogP contribution in [-0.4, -0.2) is 17.7 Å². The SMILES string of the molecule is CC(CN)Nc1noc2ccc(F)cc12. The van der Waals surface area contributed by atoms with Crippen molar-refractivity contribution in [3.05, 3.63) is 24.0 Å². The van der Waals surface area contributed by atoms with Crippen LogP contribution in [0, 0.1) is 5.82 Å². The number of halogens is 1. The lowest BCUT2D eigenvalue weighted by Gasteiger charge is -2.09. The minimum absolute atomic E-state index is 0.0709. The van der Waals surface area contributed by atoms with Gasteiger partial charge in [-0.15, -0.1) is 0 Å². The van der Waals surface area contributed by atoms with Crippen molar-refractivity contribution in [2.45, 2.75) is 13.0 Å². The Morgan fingerprint density at radius 2 is 2.40 bits per heavy atom. The molecule has 0 amide bonds. The molecule has 0 saturated heterocycles. The molecule has 0 fully saturated rings. The summed E-state index contributed by atoms with van der Waals surface area (Å²) in [7, 11) is 0. The van der Waals surface area contributed by atoms with E-state index in [1.807, 2.05) is 6.92 Å². The van der Waals surface area contributed by atoms with Crippen LogP contribution in [0.1, 0.15) is 6.92 Å². The fourth-order valence-electron chi connectivity index (χ4n) is 1.31. The fourth-order valence-corrected chi connectivity index (χ4v) is 1.31. The number of benzene rings is 1. The Morgan fingerprint density at radius 1 is 1.60 bits per heavy atom. The zero-order valence-electron chi connectivity index (χ0n) is 8.33. The van der Waals surface area contributed by atoms with Crippen LogP contribution in [-0.2, 0) is 0 Å². The number of hydrogen-bond donors (Lipinski definition) is 2. The van der Waals surface area contributed by atoms with Gasteiger partial charge in [0.15, 0.2) is 11.4 Å². The highest BCUT2D eigenvalue weighted by molar-refractivity contribution is 5.88. The van der Waals surface area contributed by atoms with Gasteiger partial charge in [-0.25, -0.2) is 4.39 Å². The molecule has 1 atom stereocenters. The van der Waals surface area contributed by atoms with E-state index in [9.17, 15) is 4.39 Å². The van der Waals surface area contributed by atoms with Crippen molar-refractivity contribution in [2.75, 3.05) is 11.9 Å². The Morgan fingerprint density at radius 3 is 3.13 bits per heavy atom. The van der Waals surface area contributed by atoms with Crippen molar-refractivity contribution in [3.8, 4) is 0 Å². The zero-order chi connectivity index (χ0) is 10.8. The standard InChI is InChI=1S/C10H12FN3O/c1-6(5-12)13-10-8-4-7(11)2-3-9(8)15-14-10/h2-4,6H,5,12H2,1H3,(H,13,14). The molecule has 0 aliphatic heterocycles. The maximum absolute atomic E-state index is 13.0. The summed E-state index contributed by atoms with van der Waals surface area (Å²) in [5, 5.41) is 7.50. The maximum atomic E-state index is 13.0. The second-order valence-electron chi connectivity index (χ2n) is 3.45. The van der Waals surface area contributed by atoms with Gasteiger partial charge in [-0.3, -0.25) is 0 Å². The van der Waals surface area contributed by atoms with Crippen LogP contribution >= 0.6 is 0 Å². The zero-order valence-corrected chi connectivity index (χ0v) is 8.33. The molecule has 1 heterocycles. The Bertz CT molecular complexity index is 469. The molecule has 2 aromatic rings. The van der Waals surface area contributed by atoms with Crippen molar-refractivity contribution in [2.24, 2.45) is 5.73 Å². The van der Waals surface area contributed by atoms with E-state index in [0.29, 0.717) is 23.3 Å². The van der Waals surface area contributed by atoms with E-state index in [2.05, 4.69) is 10.5 Å². The predicted molar refractivity (Wildman–Crippen MR) is 56.1 cm³/mol. The average molecular weight is 209 g/mol. The summed E-state index contributed by atoms with van der Waals surface area (Å²) in [5.74, 6) is 0.219. The van der Waals surface area contributed by atoms with Crippen LogP contribution in [0.2, 0.25) is 0 Å². The van der Waals surface area contributed by atoms with Gasteiger partial charge in [0, 0.05) is 12.6 Å². The molecule has 15 heavy (non-hydrogen) atoms. The molecular formula is C10H12FN3O. The molecule has 5 heteroatoms. The van der Waals surface area contributed by atoms with Crippen LogP contribution in [0.5, 0.6) is 0 Å². The summed E-state index contributed by atoms with van der Waals surface area (Å²) in [6.07, 6.45) is 0. The predicted octanol–water partition coefficient (Wildman–Crippen LogP) is 1.73. The molecule has 2 rings (SSSR count). The number of hydrogen-bond acceptors (Lipinski definition) is 4. The molecule has 0 aliphatic rings. The largest absolute Gasteiger partial charge is 0.363 e. The van der Waals surface area contributed by atoms with Gasteiger partial charge >= 0.3 is 0 Å². The normalized spacial score (nSPS) is 13.0. The number of aromatic nitrogens is 1. The first-order valence-electron chi connectivity index (χ1n) is 4.72. The molecular weight excluding hydrogens is 197 g/mol. The monoisotopic (exact) mass is 209 g/mol. The van der Waals surface area contributed by atoms with E-state index in [1.165, 1.54) is 12.1 Å². The highest BCUT2D eigenvalue weighted by Crippen LogP contribution is 2.23. The third-order valence-corrected chi connectivity index (χ3v) is 2.17. The first-order valence-corrected chi connectivity index (χ1v) is 4.72. The third-order valence-electron chi connectivity index (χ3n) is 2.17. The summed E-state index contributed by atoms with van der Waals surface area (Å²) in [6, 6.07) is 4.35. The smallest absolute Gasteiger partial charge is 0.177 e. The van der Waals surface area contributed by atoms with Gasteiger partial charge in [0.25, 0.3) is 0 Å². The molecule has 80 valence electrons. The molecule has 0 radical (unpaired) electrons. The summed E-state index contributed by atoms with van der Waals surface area (Å²) >= 11 is 0. The molecule has 1 aromatic carbocycles. The van der Waals surface area contributed by atoms with Crippen LogP contribution in [0.25, 0.3) is 11.0 Å². The van der Waals surface area contributed by atoms with E-state index < -0.39 is 0 Å². The van der Waals surface area contributed by atoms with Gasteiger partial charge in [0.05, 0.1) is 5.39 Å². The van der Waals surface area contributed by atoms with Crippen molar-refractivity contribution in [1.82, 2.24) is 5.16 Å². The lowest BCUT2D eigenvalue weighted by molar-refractivity contribution is 0.458. The van der Waals surface area contributed by atoms with Crippen molar-refractivity contribution in [1.29, 1.82) is 0 Å². The maximum Gasteiger partial charge on any atom is 0.177 e. The second kappa shape index (κ2) is 3.86. The molecule has 3 N–H and O–H groups in total. The third kappa shape index (κ3) is 1.92. The minimum Gasteiger partial charge on any atom is -0.363 e. The van der Waals surface area contributed by atoms with Crippen LogP contribution in [0.3, 0.4) is 0 Å². The molecule has 0 saturated carbocycles. The number of nitrogens with zero attached hydrogens (tertiary/aromatic N) is 1. The second-order valence-corrected chi connectivity index (χ2v) is 3.45. The highest BCUT2D eigenvalue weighted by Gasteiger charge is 2.10. The summed E-state index contributed by atoms with van der Waals surface area (Å²) in [5.41, 5.74) is 6.03. The van der Waals surface area contributed by atoms with Crippen molar-refractivity contribution >= 4 is 16.8 Å². The number of fused-ring (bicyclic) bond motifs is 1.